The highest BCUT2D eigenvalue weighted by Crippen LogP contribution is 2.15. The molecule has 1 heterocycles. The van der Waals surface area contributed by atoms with E-state index in [0.717, 1.165) is 0 Å². The maximum atomic E-state index is 11.7. The average molecular weight is 258 g/mol. The van der Waals surface area contributed by atoms with E-state index in [2.05, 4.69) is 5.32 Å². The van der Waals surface area contributed by atoms with Crippen LogP contribution in [0.3, 0.4) is 0 Å². The Morgan fingerprint density at radius 3 is 2.37 bits per heavy atom. The van der Waals surface area contributed by atoms with Crippen LogP contribution in [0.2, 0.25) is 0 Å². The normalized spacial score (nSPS) is 9.89. The van der Waals surface area contributed by atoms with Gasteiger partial charge in [0.15, 0.2) is 12.4 Å². The van der Waals surface area contributed by atoms with E-state index >= 15 is 0 Å². The van der Waals surface area contributed by atoms with Gasteiger partial charge in [0, 0.05) is 30.0 Å². The van der Waals surface area contributed by atoms with Crippen LogP contribution in [0.25, 0.3) is 0 Å². The monoisotopic (exact) mass is 258 g/mol. The van der Waals surface area contributed by atoms with Crippen LogP contribution in [-0.4, -0.2) is 10.8 Å². The number of nitrogens with one attached hydrogen (secondary N) is 1. The standard InChI is InChI=1S/C13H11N3O3/c17-13(10-15-8-2-1-3-9-15)14-11-4-6-12(7-5-11)16(18)19/h1-9H,10H2/p+1. The Kier molecular flexibility index (Phi) is 3.82. The van der Waals surface area contributed by atoms with E-state index in [-0.39, 0.29) is 18.1 Å². The highest BCUT2D eigenvalue weighted by molar-refractivity contribution is 5.89. The fourth-order valence-corrected chi connectivity index (χ4v) is 1.57. The van der Waals surface area contributed by atoms with E-state index in [1.807, 2.05) is 18.2 Å². The topological polar surface area (TPSA) is 76.1 Å². The van der Waals surface area contributed by atoms with Crippen molar-refractivity contribution in [3.63, 3.8) is 0 Å². The van der Waals surface area contributed by atoms with Crippen molar-refractivity contribution < 1.29 is 14.3 Å². The molecule has 1 aromatic heterocycles. The third-order valence-electron chi connectivity index (χ3n) is 2.47. The predicted octanol–water partition coefficient (Wildman–Crippen LogP) is 1.52. The molecule has 0 unspecified atom stereocenters. The Morgan fingerprint density at radius 2 is 1.79 bits per heavy atom. The van der Waals surface area contributed by atoms with Crippen LogP contribution >= 0.6 is 0 Å². The van der Waals surface area contributed by atoms with Crippen LogP contribution < -0.4 is 9.88 Å². The highest BCUT2D eigenvalue weighted by atomic mass is 16.6. The number of benzene rings is 1. The van der Waals surface area contributed by atoms with Gasteiger partial charge in [0.05, 0.1) is 4.92 Å². The molecule has 1 amide bonds. The number of rotatable bonds is 4. The van der Waals surface area contributed by atoms with Crippen molar-refractivity contribution in [1.29, 1.82) is 0 Å². The van der Waals surface area contributed by atoms with Gasteiger partial charge in [0.2, 0.25) is 6.54 Å². The molecule has 96 valence electrons. The molecule has 1 N–H and O–H groups in total. The summed E-state index contributed by atoms with van der Waals surface area (Å²) in [4.78, 5) is 21.7. The summed E-state index contributed by atoms with van der Waals surface area (Å²) in [7, 11) is 0. The fourth-order valence-electron chi connectivity index (χ4n) is 1.57. The number of carbonyl (C=O) groups is 1. The van der Waals surface area contributed by atoms with E-state index in [1.54, 1.807) is 17.0 Å². The average Bonchev–Trinajstić information content (AvgIpc) is 2.40. The summed E-state index contributed by atoms with van der Waals surface area (Å²) in [5.41, 5.74) is 0.530. The second-order valence-electron chi connectivity index (χ2n) is 3.90. The molecule has 6 nitrogen and oxygen atoms in total. The fraction of sp³-hybridized carbons (Fsp3) is 0.0769. The summed E-state index contributed by atoms with van der Waals surface area (Å²) in [5.74, 6) is -0.190. The highest BCUT2D eigenvalue weighted by Gasteiger charge is 2.10. The molecule has 1 aromatic carbocycles. The Morgan fingerprint density at radius 1 is 1.16 bits per heavy atom. The molecule has 0 aliphatic carbocycles. The van der Waals surface area contributed by atoms with Crippen molar-refractivity contribution in [2.75, 3.05) is 5.32 Å². The lowest BCUT2D eigenvalue weighted by Gasteiger charge is -2.02. The molecule has 0 fully saturated rings. The van der Waals surface area contributed by atoms with Crippen molar-refractivity contribution in [2.45, 2.75) is 6.54 Å². The molecule has 0 aliphatic heterocycles. The van der Waals surface area contributed by atoms with Crippen LogP contribution in [0, 0.1) is 10.1 Å². The lowest BCUT2D eigenvalue weighted by molar-refractivity contribution is -0.684. The van der Waals surface area contributed by atoms with Crippen molar-refractivity contribution in [3.05, 3.63) is 65.0 Å². The second kappa shape index (κ2) is 5.72. The molecule has 0 saturated heterocycles. The molecule has 0 spiro atoms. The quantitative estimate of drug-likeness (QED) is 0.513. The maximum Gasteiger partial charge on any atom is 0.290 e. The van der Waals surface area contributed by atoms with Gasteiger partial charge >= 0.3 is 0 Å². The molecule has 0 aliphatic rings. The molecule has 0 atom stereocenters. The van der Waals surface area contributed by atoms with Crippen molar-refractivity contribution in [2.24, 2.45) is 0 Å². The minimum Gasteiger partial charge on any atom is -0.321 e. The molecule has 0 radical (unpaired) electrons. The van der Waals surface area contributed by atoms with Gasteiger partial charge in [-0.05, 0) is 12.1 Å². The first kappa shape index (κ1) is 12.7. The maximum absolute atomic E-state index is 11.7. The summed E-state index contributed by atoms with van der Waals surface area (Å²) in [5, 5.41) is 13.2. The zero-order valence-electron chi connectivity index (χ0n) is 10.0. The number of nitro groups is 1. The molecule has 0 bridgehead atoms. The number of anilines is 1. The number of pyridine rings is 1. The summed E-state index contributed by atoms with van der Waals surface area (Å²) < 4.78 is 1.74. The van der Waals surface area contributed by atoms with Gasteiger partial charge in [0.25, 0.3) is 11.6 Å². The number of nitrogens with zero attached hydrogens (tertiary/aromatic N) is 2. The number of non-ortho nitro benzene ring substituents is 1. The predicted molar refractivity (Wildman–Crippen MR) is 68.4 cm³/mol. The number of carbonyl (C=O) groups excluding carboxylic acids is 1. The SMILES string of the molecule is O=C(C[n+]1ccccc1)Nc1ccc([N+](=O)[O-])cc1. The number of hydrogen-bond donors (Lipinski definition) is 1. The van der Waals surface area contributed by atoms with Gasteiger partial charge in [0.1, 0.15) is 0 Å². The zero-order chi connectivity index (χ0) is 13.7. The van der Waals surface area contributed by atoms with E-state index in [9.17, 15) is 14.9 Å². The number of amides is 1. The Bertz CT molecular complexity index is 582. The van der Waals surface area contributed by atoms with E-state index < -0.39 is 4.92 Å². The van der Waals surface area contributed by atoms with Crippen LogP contribution in [0.5, 0.6) is 0 Å². The Hall–Kier alpha value is -2.76. The van der Waals surface area contributed by atoms with Gasteiger partial charge in [-0.3, -0.25) is 14.9 Å². The summed E-state index contributed by atoms with van der Waals surface area (Å²) in [6.07, 6.45) is 3.57. The Balaban J connectivity index is 1.97. The number of aromatic nitrogens is 1. The Labute approximate surface area is 109 Å². The first-order valence-corrected chi connectivity index (χ1v) is 5.63. The number of nitro benzene ring substituents is 1. The van der Waals surface area contributed by atoms with Gasteiger partial charge in [-0.1, -0.05) is 6.07 Å². The molecular formula is C13H12N3O3+. The third-order valence-corrected chi connectivity index (χ3v) is 2.47. The molecular weight excluding hydrogens is 246 g/mol. The van der Waals surface area contributed by atoms with E-state index in [1.165, 1.54) is 24.3 Å². The van der Waals surface area contributed by atoms with Crippen LogP contribution in [0.4, 0.5) is 11.4 Å². The third kappa shape index (κ3) is 3.60. The van der Waals surface area contributed by atoms with Crippen molar-refractivity contribution in [1.82, 2.24) is 0 Å². The number of hydrogen-bond acceptors (Lipinski definition) is 3. The second-order valence-corrected chi connectivity index (χ2v) is 3.90. The van der Waals surface area contributed by atoms with Crippen LogP contribution in [0.1, 0.15) is 0 Å². The summed E-state index contributed by atoms with van der Waals surface area (Å²) in [6, 6.07) is 11.2. The van der Waals surface area contributed by atoms with E-state index in [0.29, 0.717) is 5.69 Å². The van der Waals surface area contributed by atoms with Gasteiger partial charge in [-0.2, -0.15) is 4.57 Å². The lowest BCUT2D eigenvalue weighted by Crippen LogP contribution is -2.39. The van der Waals surface area contributed by atoms with Crippen molar-refractivity contribution in [3.8, 4) is 0 Å². The van der Waals surface area contributed by atoms with Gasteiger partial charge in [-0.25, -0.2) is 0 Å². The first-order valence-electron chi connectivity index (χ1n) is 5.63. The van der Waals surface area contributed by atoms with Crippen molar-refractivity contribution >= 4 is 17.3 Å². The molecule has 6 heteroatoms. The smallest absolute Gasteiger partial charge is 0.290 e. The first-order chi connectivity index (χ1) is 9.15. The van der Waals surface area contributed by atoms with Crippen LogP contribution in [-0.2, 0) is 11.3 Å². The molecule has 0 saturated carbocycles. The molecule has 2 rings (SSSR count). The lowest BCUT2D eigenvalue weighted by atomic mass is 10.3. The van der Waals surface area contributed by atoms with E-state index in [4.69, 9.17) is 0 Å². The summed E-state index contributed by atoms with van der Waals surface area (Å²) in [6.45, 7) is 0.192. The summed E-state index contributed by atoms with van der Waals surface area (Å²) >= 11 is 0. The minimum atomic E-state index is -0.481. The zero-order valence-corrected chi connectivity index (χ0v) is 10.0. The molecule has 2 aromatic rings. The minimum absolute atomic E-state index is 0.00423. The van der Waals surface area contributed by atoms with Gasteiger partial charge in [-0.15, -0.1) is 0 Å². The van der Waals surface area contributed by atoms with Gasteiger partial charge < -0.3 is 5.32 Å². The van der Waals surface area contributed by atoms with Crippen LogP contribution in [0.15, 0.2) is 54.9 Å². The molecule has 19 heavy (non-hydrogen) atoms. The largest absolute Gasteiger partial charge is 0.321 e.